The zero-order valence-electron chi connectivity index (χ0n) is 22.3. The molecule has 1 aromatic carbocycles. The number of hydrogen-bond acceptors (Lipinski definition) is 6. The summed E-state index contributed by atoms with van der Waals surface area (Å²) in [6.45, 7) is 2.99. The predicted octanol–water partition coefficient (Wildman–Crippen LogP) is 3.01. The van der Waals surface area contributed by atoms with Crippen molar-refractivity contribution in [3.05, 3.63) is 24.3 Å². The molecule has 0 radical (unpaired) electrons. The second-order valence-electron chi connectivity index (χ2n) is 11.2. The number of nitrogens with zero attached hydrogens (tertiary/aromatic N) is 1. The normalized spacial score (nSPS) is 30.4. The van der Waals surface area contributed by atoms with Crippen molar-refractivity contribution in [1.29, 1.82) is 0 Å². The van der Waals surface area contributed by atoms with E-state index in [2.05, 4.69) is 10.6 Å². The largest absolute Gasteiger partial charge is 0.494 e. The van der Waals surface area contributed by atoms with Gasteiger partial charge in [0.05, 0.1) is 24.5 Å². The number of hydrogen-bond donors (Lipinski definition) is 3. The van der Waals surface area contributed by atoms with Crippen molar-refractivity contribution in [2.75, 3.05) is 25.1 Å². The molecule has 2 unspecified atom stereocenters. The first-order valence-electron chi connectivity index (χ1n) is 14.4. The summed E-state index contributed by atoms with van der Waals surface area (Å²) in [6, 6.07) is 6.57. The number of rotatable bonds is 11. The maximum atomic E-state index is 13.9. The summed E-state index contributed by atoms with van der Waals surface area (Å²) < 4.78 is 12.0. The van der Waals surface area contributed by atoms with Gasteiger partial charge in [0.25, 0.3) is 0 Å². The van der Waals surface area contributed by atoms with Crippen LogP contribution < -0.4 is 15.4 Å². The molecule has 9 nitrogen and oxygen atoms in total. The van der Waals surface area contributed by atoms with E-state index in [9.17, 15) is 19.5 Å². The first-order valence-corrected chi connectivity index (χ1v) is 14.4. The SMILES string of the molecule is CCOc1ccc(NC(=O)[C@@H]2[C@@H]3CCC4(O3)C(C(=O)NC3CCCCC3)N(CCCCCO)C(=O)[C@H]24)cc1. The summed E-state index contributed by atoms with van der Waals surface area (Å²) in [5.41, 5.74) is -0.341. The van der Waals surface area contributed by atoms with E-state index in [0.717, 1.165) is 37.9 Å². The Hall–Kier alpha value is -2.65. The fourth-order valence-electron chi connectivity index (χ4n) is 7.12. The van der Waals surface area contributed by atoms with Gasteiger partial charge in [-0.25, -0.2) is 0 Å². The molecule has 2 bridgehead atoms. The zero-order valence-corrected chi connectivity index (χ0v) is 22.3. The highest BCUT2D eigenvalue weighted by Crippen LogP contribution is 2.58. The number of likely N-dealkylation sites (tertiary alicyclic amines) is 1. The highest BCUT2D eigenvalue weighted by atomic mass is 16.5. The number of benzene rings is 1. The van der Waals surface area contributed by atoms with Crippen LogP contribution >= 0.6 is 0 Å². The number of nitrogens with one attached hydrogen (secondary N) is 2. The van der Waals surface area contributed by atoms with Crippen LogP contribution in [0.1, 0.15) is 71.1 Å². The van der Waals surface area contributed by atoms with Gasteiger partial charge in [-0.3, -0.25) is 14.4 Å². The number of carbonyl (C=O) groups is 3. The van der Waals surface area contributed by atoms with E-state index in [1.54, 1.807) is 29.2 Å². The highest BCUT2D eigenvalue weighted by Gasteiger charge is 2.74. The van der Waals surface area contributed by atoms with E-state index >= 15 is 0 Å². The fourth-order valence-corrected chi connectivity index (χ4v) is 7.12. The Balaban J connectivity index is 1.36. The van der Waals surface area contributed by atoms with Crippen molar-refractivity contribution in [1.82, 2.24) is 10.2 Å². The first-order chi connectivity index (χ1) is 18.5. The molecule has 5 atom stereocenters. The Bertz CT molecular complexity index is 1010. The van der Waals surface area contributed by atoms with Crippen LogP contribution in [0.15, 0.2) is 24.3 Å². The molecule has 3 heterocycles. The molecule has 0 aromatic heterocycles. The summed E-state index contributed by atoms with van der Waals surface area (Å²) in [4.78, 5) is 43.0. The molecule has 3 saturated heterocycles. The standard InChI is InChI=1S/C29H41N3O6/c1-2-37-21-13-11-20(12-14-21)30-26(34)23-22-15-16-29(38-22)24(23)28(36)32(17-7-4-8-18-33)25(29)27(35)31-19-9-5-3-6-10-19/h11-14,19,22-25,33H,2-10,15-18H2,1H3,(H,30,34)(H,31,35)/t22-,23+,24-,25?,29?/m0/s1. The molecule has 3 aliphatic heterocycles. The maximum Gasteiger partial charge on any atom is 0.246 e. The van der Waals surface area contributed by atoms with Crippen LogP contribution in [0.3, 0.4) is 0 Å². The number of amides is 3. The topological polar surface area (TPSA) is 117 Å². The number of anilines is 1. The van der Waals surface area contributed by atoms with Gasteiger partial charge < -0.3 is 30.1 Å². The monoisotopic (exact) mass is 527 g/mol. The second kappa shape index (κ2) is 11.6. The molecule has 208 valence electrons. The molecule has 1 aliphatic carbocycles. The van der Waals surface area contributed by atoms with Crippen molar-refractivity contribution in [3.8, 4) is 5.75 Å². The second-order valence-corrected chi connectivity index (χ2v) is 11.2. The summed E-state index contributed by atoms with van der Waals surface area (Å²) >= 11 is 0. The van der Waals surface area contributed by atoms with Gasteiger partial charge in [-0.2, -0.15) is 0 Å². The number of aliphatic hydroxyl groups excluding tert-OH is 1. The highest BCUT2D eigenvalue weighted by molar-refractivity contribution is 6.02. The van der Waals surface area contributed by atoms with Crippen molar-refractivity contribution in [2.45, 2.75) is 94.9 Å². The number of fused-ring (bicyclic) bond motifs is 1. The van der Waals surface area contributed by atoms with Crippen molar-refractivity contribution in [2.24, 2.45) is 11.8 Å². The first kappa shape index (κ1) is 26.9. The summed E-state index contributed by atoms with van der Waals surface area (Å²) in [5, 5.41) is 15.4. The smallest absolute Gasteiger partial charge is 0.246 e. The molecule has 1 aromatic rings. The number of aliphatic hydroxyl groups is 1. The minimum atomic E-state index is -0.974. The molecule has 38 heavy (non-hydrogen) atoms. The molecular weight excluding hydrogens is 486 g/mol. The van der Waals surface area contributed by atoms with E-state index in [4.69, 9.17) is 9.47 Å². The third-order valence-electron chi connectivity index (χ3n) is 8.79. The van der Waals surface area contributed by atoms with E-state index in [1.807, 2.05) is 6.92 Å². The van der Waals surface area contributed by atoms with Crippen LogP contribution in [0.4, 0.5) is 5.69 Å². The van der Waals surface area contributed by atoms with Crippen molar-refractivity contribution in [3.63, 3.8) is 0 Å². The van der Waals surface area contributed by atoms with Crippen LogP contribution in [-0.4, -0.2) is 71.3 Å². The Morgan fingerprint density at radius 2 is 1.84 bits per heavy atom. The molecular formula is C29H41N3O6. The lowest BCUT2D eigenvalue weighted by Crippen LogP contribution is -2.57. The molecule has 3 N–H and O–H groups in total. The van der Waals surface area contributed by atoms with E-state index in [0.29, 0.717) is 44.5 Å². The third-order valence-corrected chi connectivity index (χ3v) is 8.79. The average Bonchev–Trinajstić information content (AvgIpc) is 3.56. The lowest BCUT2D eigenvalue weighted by Gasteiger charge is -2.35. The minimum absolute atomic E-state index is 0.102. The van der Waals surface area contributed by atoms with E-state index < -0.39 is 23.5 Å². The Morgan fingerprint density at radius 1 is 1.08 bits per heavy atom. The van der Waals surface area contributed by atoms with Crippen LogP contribution in [0.2, 0.25) is 0 Å². The van der Waals surface area contributed by atoms with Crippen LogP contribution in [0.25, 0.3) is 0 Å². The van der Waals surface area contributed by atoms with E-state index in [-0.39, 0.29) is 36.5 Å². The van der Waals surface area contributed by atoms with Gasteiger partial charge in [0.2, 0.25) is 17.7 Å². The summed E-state index contributed by atoms with van der Waals surface area (Å²) in [6.07, 6.45) is 8.26. The molecule has 1 saturated carbocycles. The van der Waals surface area contributed by atoms with Crippen molar-refractivity contribution >= 4 is 23.4 Å². The number of ether oxygens (including phenoxy) is 2. The fraction of sp³-hybridized carbons (Fsp3) is 0.690. The van der Waals surface area contributed by atoms with Gasteiger partial charge in [0.15, 0.2) is 0 Å². The summed E-state index contributed by atoms with van der Waals surface area (Å²) in [5.74, 6) is -1.15. The van der Waals surface area contributed by atoms with Crippen LogP contribution in [0, 0.1) is 11.8 Å². The Labute approximate surface area is 224 Å². The quantitative estimate of drug-likeness (QED) is 0.381. The van der Waals surface area contributed by atoms with Crippen LogP contribution in [-0.2, 0) is 19.1 Å². The summed E-state index contributed by atoms with van der Waals surface area (Å²) in [7, 11) is 0. The third kappa shape index (κ3) is 5.02. The lowest BCUT2D eigenvalue weighted by molar-refractivity contribution is -0.142. The molecule has 3 amide bonds. The van der Waals surface area contributed by atoms with Crippen molar-refractivity contribution < 1.29 is 29.0 Å². The zero-order chi connectivity index (χ0) is 26.7. The van der Waals surface area contributed by atoms with Gasteiger partial charge in [-0.05, 0) is 76.1 Å². The average molecular weight is 528 g/mol. The predicted molar refractivity (Wildman–Crippen MR) is 142 cm³/mol. The van der Waals surface area contributed by atoms with Gasteiger partial charge in [-0.1, -0.05) is 19.3 Å². The maximum absolute atomic E-state index is 13.9. The Morgan fingerprint density at radius 3 is 2.55 bits per heavy atom. The number of carbonyl (C=O) groups excluding carboxylic acids is 3. The molecule has 9 heteroatoms. The molecule has 5 rings (SSSR count). The van der Waals surface area contributed by atoms with Gasteiger partial charge in [-0.15, -0.1) is 0 Å². The molecule has 4 aliphatic rings. The minimum Gasteiger partial charge on any atom is -0.494 e. The lowest BCUT2D eigenvalue weighted by atomic mass is 9.70. The molecule has 4 fully saturated rings. The van der Waals surface area contributed by atoms with Gasteiger partial charge in [0.1, 0.15) is 17.4 Å². The van der Waals surface area contributed by atoms with Crippen LogP contribution in [0.5, 0.6) is 5.75 Å². The van der Waals surface area contributed by atoms with E-state index in [1.165, 1.54) is 6.42 Å². The Kier molecular flexibility index (Phi) is 8.23. The number of unbranched alkanes of at least 4 members (excludes halogenated alkanes) is 2. The van der Waals surface area contributed by atoms with Gasteiger partial charge in [0, 0.05) is 24.9 Å². The molecule has 1 spiro atoms. The van der Waals surface area contributed by atoms with Gasteiger partial charge >= 0.3 is 0 Å².